The van der Waals surface area contributed by atoms with E-state index in [0.29, 0.717) is 17.3 Å². The number of benzene rings is 3. The molecule has 2 heterocycles. The molecule has 3 aromatic carbocycles. The average molecular weight is 503 g/mol. The molecule has 182 valence electrons. The summed E-state index contributed by atoms with van der Waals surface area (Å²) in [6.45, 7) is 1.70. The predicted octanol–water partition coefficient (Wildman–Crippen LogP) is 5.11. The van der Waals surface area contributed by atoms with Crippen molar-refractivity contribution in [3.63, 3.8) is 0 Å². The Balaban J connectivity index is 1.64. The lowest BCUT2D eigenvalue weighted by Crippen LogP contribution is -2.20. The molecule has 1 aliphatic heterocycles. The molecule has 0 radical (unpaired) electrons. The lowest BCUT2D eigenvalue weighted by Gasteiger charge is -2.24. The maximum absolute atomic E-state index is 13.6. The number of nitrogens with zero attached hydrogens (tertiary/aromatic N) is 3. The monoisotopic (exact) mass is 502 g/mol. The molecule has 0 bridgehead atoms. The van der Waals surface area contributed by atoms with Gasteiger partial charge in [0.05, 0.1) is 23.7 Å². The van der Waals surface area contributed by atoms with Crippen LogP contribution < -0.4 is 15.2 Å². The van der Waals surface area contributed by atoms with Crippen LogP contribution in [0.15, 0.2) is 77.8 Å². The third-order valence-electron chi connectivity index (χ3n) is 5.73. The van der Waals surface area contributed by atoms with Gasteiger partial charge in [-0.2, -0.15) is 5.10 Å². The van der Waals surface area contributed by atoms with Crippen molar-refractivity contribution < 1.29 is 18.7 Å². The van der Waals surface area contributed by atoms with Crippen LogP contribution in [-0.4, -0.2) is 34.4 Å². The number of rotatable bonds is 7. The van der Waals surface area contributed by atoms with Gasteiger partial charge in [-0.3, -0.25) is 4.79 Å². The van der Waals surface area contributed by atoms with Gasteiger partial charge in [0, 0.05) is 11.1 Å². The average Bonchev–Trinajstić information content (AvgIpc) is 3.24. The van der Waals surface area contributed by atoms with E-state index in [4.69, 9.17) is 25.3 Å². The van der Waals surface area contributed by atoms with Crippen molar-refractivity contribution in [2.45, 2.75) is 12.2 Å². The summed E-state index contributed by atoms with van der Waals surface area (Å²) in [4.78, 5) is 16.2. The number of primary amides is 1. The maximum Gasteiger partial charge on any atom is 0.255 e. The molecular weight excluding hydrogens is 479 g/mol. The number of amides is 1. The van der Waals surface area contributed by atoms with E-state index in [1.807, 2.05) is 49.4 Å². The van der Waals surface area contributed by atoms with E-state index in [1.165, 1.54) is 12.1 Å². The Bertz CT molecular complexity index is 1450. The van der Waals surface area contributed by atoms with E-state index in [-0.39, 0.29) is 17.7 Å². The Kier molecular flexibility index (Phi) is 6.47. The maximum atomic E-state index is 13.6. The Morgan fingerprint density at radius 2 is 1.83 bits per heavy atom. The number of fused-ring (bicyclic) bond motifs is 1. The zero-order valence-corrected chi connectivity index (χ0v) is 20.5. The molecule has 4 aromatic rings. The number of aromatic nitrogens is 2. The second-order valence-electron chi connectivity index (χ2n) is 8.16. The quantitative estimate of drug-likeness (QED) is 0.379. The topological polar surface area (TPSA) is 91.7 Å². The highest BCUT2D eigenvalue weighted by Crippen LogP contribution is 2.49. The van der Waals surface area contributed by atoms with Gasteiger partial charge < -0.3 is 15.2 Å². The Labute approximate surface area is 211 Å². The highest BCUT2D eigenvalue weighted by Gasteiger charge is 2.32. The van der Waals surface area contributed by atoms with Gasteiger partial charge in [0.15, 0.2) is 23.9 Å². The van der Waals surface area contributed by atoms with Gasteiger partial charge >= 0.3 is 0 Å². The van der Waals surface area contributed by atoms with Gasteiger partial charge in [0.2, 0.25) is 0 Å². The first kappa shape index (κ1) is 23.6. The molecule has 0 spiro atoms. The van der Waals surface area contributed by atoms with Gasteiger partial charge in [-0.25, -0.2) is 14.1 Å². The van der Waals surface area contributed by atoms with Gasteiger partial charge in [-0.1, -0.05) is 48.2 Å². The number of methoxy groups -OCH3 is 1. The molecule has 2 N–H and O–H groups in total. The first-order valence-corrected chi connectivity index (χ1v) is 12.1. The van der Waals surface area contributed by atoms with Crippen molar-refractivity contribution in [3.05, 3.63) is 101 Å². The highest BCUT2D eigenvalue weighted by molar-refractivity contribution is 8.14. The van der Waals surface area contributed by atoms with Crippen LogP contribution in [-0.2, 0) is 4.79 Å². The van der Waals surface area contributed by atoms with Gasteiger partial charge in [-0.15, -0.1) is 0 Å². The van der Waals surface area contributed by atoms with E-state index >= 15 is 0 Å². The SMILES string of the molecule is COc1cc([C@@H]2SC(c3ccccc3)=Nc3c2c(C)nn3-c2ccc(F)cc2)ccc1OCC(N)=O. The number of nitrogens with two attached hydrogens (primary N) is 1. The zero-order chi connectivity index (χ0) is 25.2. The van der Waals surface area contributed by atoms with Crippen LogP contribution >= 0.6 is 11.8 Å². The second-order valence-corrected chi connectivity index (χ2v) is 9.25. The molecule has 0 aliphatic carbocycles. The summed E-state index contributed by atoms with van der Waals surface area (Å²) in [7, 11) is 1.55. The Hall–Kier alpha value is -4.11. The number of hydrogen-bond acceptors (Lipinski definition) is 6. The molecule has 9 heteroatoms. The molecule has 1 atom stereocenters. The van der Waals surface area contributed by atoms with E-state index < -0.39 is 5.91 Å². The van der Waals surface area contributed by atoms with Crippen LogP contribution in [0.5, 0.6) is 11.5 Å². The summed E-state index contributed by atoms with van der Waals surface area (Å²) in [5, 5.41) is 5.46. The van der Waals surface area contributed by atoms with Crippen LogP contribution in [0.1, 0.15) is 27.6 Å². The number of carbonyl (C=O) groups is 1. The molecule has 1 aliphatic rings. The fraction of sp³-hybridized carbons (Fsp3) is 0.148. The normalized spacial score (nSPS) is 14.6. The van der Waals surface area contributed by atoms with Crippen molar-refractivity contribution in [2.24, 2.45) is 10.7 Å². The third kappa shape index (κ3) is 4.57. The summed E-state index contributed by atoms with van der Waals surface area (Å²) in [6.07, 6.45) is 0. The smallest absolute Gasteiger partial charge is 0.255 e. The van der Waals surface area contributed by atoms with Crippen molar-refractivity contribution in [3.8, 4) is 17.2 Å². The largest absolute Gasteiger partial charge is 0.493 e. The van der Waals surface area contributed by atoms with Crippen LogP contribution in [0.2, 0.25) is 0 Å². The zero-order valence-electron chi connectivity index (χ0n) is 19.6. The fourth-order valence-corrected chi connectivity index (χ4v) is 5.37. The Morgan fingerprint density at radius 3 is 2.53 bits per heavy atom. The minimum atomic E-state index is -0.568. The Morgan fingerprint density at radius 1 is 1.08 bits per heavy atom. The highest BCUT2D eigenvalue weighted by atomic mass is 32.2. The molecule has 36 heavy (non-hydrogen) atoms. The van der Waals surface area contributed by atoms with E-state index in [0.717, 1.165) is 33.1 Å². The van der Waals surface area contributed by atoms with Crippen LogP contribution in [0.3, 0.4) is 0 Å². The molecular formula is C27H23FN4O3S. The van der Waals surface area contributed by atoms with Gasteiger partial charge in [-0.05, 0) is 48.9 Å². The van der Waals surface area contributed by atoms with Crippen LogP contribution in [0.4, 0.5) is 10.2 Å². The lowest BCUT2D eigenvalue weighted by atomic mass is 10.0. The first-order valence-electron chi connectivity index (χ1n) is 11.2. The molecule has 0 saturated carbocycles. The number of ether oxygens (including phenoxy) is 2. The van der Waals surface area contributed by atoms with Crippen molar-refractivity contribution in [1.82, 2.24) is 9.78 Å². The standard InChI is InChI=1S/C27H23FN4O3S/c1-16-24-25(18-8-13-21(22(14-18)34-2)35-15-23(29)33)36-27(17-6-4-3-5-7-17)30-26(24)32(31-16)20-11-9-19(28)10-12-20/h3-14,25H,15H2,1-2H3,(H2,29,33)/t25-/m0/s1. The van der Waals surface area contributed by atoms with E-state index in [1.54, 1.807) is 41.8 Å². The van der Waals surface area contributed by atoms with Crippen LogP contribution in [0, 0.1) is 12.7 Å². The van der Waals surface area contributed by atoms with Crippen molar-refractivity contribution >= 4 is 28.5 Å². The van der Waals surface area contributed by atoms with Gasteiger partial charge in [0.1, 0.15) is 10.9 Å². The summed E-state index contributed by atoms with van der Waals surface area (Å²) in [6, 6.07) is 21.7. The molecule has 5 rings (SSSR count). The molecule has 0 fully saturated rings. The lowest BCUT2D eigenvalue weighted by molar-refractivity contribution is -0.119. The molecule has 1 amide bonds. The summed E-state index contributed by atoms with van der Waals surface area (Å²) in [5.74, 6) is 0.722. The third-order valence-corrected chi connectivity index (χ3v) is 7.03. The summed E-state index contributed by atoms with van der Waals surface area (Å²) in [5.41, 5.74) is 9.65. The van der Waals surface area contributed by atoms with Crippen molar-refractivity contribution in [2.75, 3.05) is 13.7 Å². The minimum absolute atomic E-state index is 0.152. The second kappa shape index (κ2) is 9.87. The number of carbonyl (C=O) groups excluding carboxylic acids is 1. The molecule has 1 aromatic heterocycles. The number of halogens is 1. The van der Waals surface area contributed by atoms with E-state index in [2.05, 4.69) is 0 Å². The summed E-state index contributed by atoms with van der Waals surface area (Å²) >= 11 is 1.61. The fourth-order valence-electron chi connectivity index (χ4n) is 4.06. The number of hydrogen-bond donors (Lipinski definition) is 1. The summed E-state index contributed by atoms with van der Waals surface area (Å²) < 4.78 is 26.4. The molecule has 0 unspecified atom stereocenters. The first-order chi connectivity index (χ1) is 17.4. The molecule has 0 saturated heterocycles. The number of aryl methyl sites for hydroxylation is 1. The minimum Gasteiger partial charge on any atom is -0.493 e. The number of thioether (sulfide) groups is 1. The van der Waals surface area contributed by atoms with Crippen molar-refractivity contribution in [1.29, 1.82) is 0 Å². The molecule has 7 nitrogen and oxygen atoms in total. The van der Waals surface area contributed by atoms with E-state index in [9.17, 15) is 9.18 Å². The predicted molar refractivity (Wildman–Crippen MR) is 138 cm³/mol. The number of aliphatic imine (C=N–C) groups is 1. The van der Waals surface area contributed by atoms with Gasteiger partial charge in [0.25, 0.3) is 5.91 Å². The van der Waals surface area contributed by atoms with Crippen LogP contribution in [0.25, 0.3) is 5.69 Å².